The minimum absolute atomic E-state index is 0.119. The van der Waals surface area contributed by atoms with Crippen molar-refractivity contribution in [3.8, 4) is 11.1 Å². The van der Waals surface area contributed by atoms with E-state index in [0.717, 1.165) is 16.7 Å². The van der Waals surface area contributed by atoms with Crippen LogP contribution in [-0.4, -0.2) is 5.91 Å². The monoisotopic (exact) mass is 355 g/mol. The minimum Gasteiger partial charge on any atom is -0.324 e. The van der Waals surface area contributed by atoms with Crippen molar-refractivity contribution in [2.45, 2.75) is 6.42 Å². The van der Waals surface area contributed by atoms with Gasteiger partial charge >= 0.3 is 0 Å². The second-order valence-electron chi connectivity index (χ2n) is 5.41. The average Bonchev–Trinajstić information content (AvgIpc) is 2.59. The van der Waals surface area contributed by atoms with Crippen LogP contribution in [0, 0.1) is 0 Å². The van der Waals surface area contributed by atoms with E-state index in [0.29, 0.717) is 15.7 Å². The molecule has 0 aliphatic carbocycles. The summed E-state index contributed by atoms with van der Waals surface area (Å²) in [6, 6.07) is 23.1. The molecule has 0 radical (unpaired) electrons. The first-order chi connectivity index (χ1) is 11.6. The molecule has 0 saturated carbocycles. The normalized spacial score (nSPS) is 10.4. The zero-order valence-electron chi connectivity index (χ0n) is 12.8. The predicted molar refractivity (Wildman–Crippen MR) is 101 cm³/mol. The molecular weight excluding hydrogens is 341 g/mol. The Bertz CT molecular complexity index is 845. The van der Waals surface area contributed by atoms with E-state index in [4.69, 9.17) is 23.2 Å². The van der Waals surface area contributed by atoms with Crippen molar-refractivity contribution in [2.75, 3.05) is 5.32 Å². The summed E-state index contributed by atoms with van der Waals surface area (Å²) in [5.41, 5.74) is 3.78. The number of hydrogen-bond acceptors (Lipinski definition) is 1. The fourth-order valence-corrected chi connectivity index (χ4v) is 2.87. The molecular formula is C20H15Cl2NO. The average molecular weight is 356 g/mol. The molecule has 24 heavy (non-hydrogen) atoms. The van der Waals surface area contributed by atoms with Gasteiger partial charge in [0.1, 0.15) is 0 Å². The Hall–Kier alpha value is -2.29. The van der Waals surface area contributed by atoms with E-state index in [1.807, 2.05) is 42.5 Å². The number of amides is 1. The molecule has 0 atom stereocenters. The maximum atomic E-state index is 12.2. The first kappa shape index (κ1) is 16.6. The van der Waals surface area contributed by atoms with Crippen LogP contribution in [0.25, 0.3) is 11.1 Å². The predicted octanol–water partition coefficient (Wildman–Crippen LogP) is 5.84. The van der Waals surface area contributed by atoms with Crippen LogP contribution in [0.15, 0.2) is 72.8 Å². The van der Waals surface area contributed by atoms with Gasteiger partial charge < -0.3 is 5.32 Å². The molecule has 1 amide bonds. The molecule has 0 aromatic heterocycles. The lowest BCUT2D eigenvalue weighted by atomic mass is 10.0. The molecule has 0 bridgehead atoms. The topological polar surface area (TPSA) is 29.1 Å². The smallest absolute Gasteiger partial charge is 0.228 e. The largest absolute Gasteiger partial charge is 0.324 e. The third kappa shape index (κ3) is 4.16. The first-order valence-electron chi connectivity index (χ1n) is 7.51. The molecule has 3 aromatic rings. The highest BCUT2D eigenvalue weighted by molar-refractivity contribution is 6.36. The highest BCUT2D eigenvalue weighted by Gasteiger charge is 2.08. The van der Waals surface area contributed by atoms with Crippen molar-refractivity contribution in [3.05, 3.63) is 88.4 Å². The van der Waals surface area contributed by atoms with Gasteiger partial charge in [0.05, 0.1) is 17.1 Å². The van der Waals surface area contributed by atoms with Gasteiger partial charge in [-0.3, -0.25) is 4.79 Å². The van der Waals surface area contributed by atoms with Crippen LogP contribution in [-0.2, 0) is 11.2 Å². The van der Waals surface area contributed by atoms with Crippen LogP contribution in [0.2, 0.25) is 10.0 Å². The number of benzene rings is 3. The van der Waals surface area contributed by atoms with Crippen molar-refractivity contribution in [1.82, 2.24) is 0 Å². The van der Waals surface area contributed by atoms with Crippen LogP contribution < -0.4 is 5.32 Å². The summed E-state index contributed by atoms with van der Waals surface area (Å²) in [6.45, 7) is 0. The zero-order chi connectivity index (χ0) is 16.9. The van der Waals surface area contributed by atoms with Crippen LogP contribution in [0.4, 0.5) is 5.69 Å². The van der Waals surface area contributed by atoms with E-state index in [-0.39, 0.29) is 12.3 Å². The fraction of sp³-hybridized carbons (Fsp3) is 0.0500. The van der Waals surface area contributed by atoms with Crippen molar-refractivity contribution in [3.63, 3.8) is 0 Å². The Labute approximate surface area is 151 Å². The maximum Gasteiger partial charge on any atom is 0.228 e. The Morgan fingerprint density at radius 3 is 2.17 bits per heavy atom. The van der Waals surface area contributed by atoms with E-state index in [1.54, 1.807) is 18.2 Å². The van der Waals surface area contributed by atoms with Crippen LogP contribution in [0.1, 0.15) is 5.56 Å². The highest BCUT2D eigenvalue weighted by atomic mass is 35.5. The SMILES string of the molecule is O=C(Cc1ccc(-c2ccccc2)cc1)Nc1ccc(Cl)cc1Cl. The molecule has 120 valence electrons. The summed E-state index contributed by atoms with van der Waals surface area (Å²) in [6.07, 6.45) is 0.286. The zero-order valence-corrected chi connectivity index (χ0v) is 14.3. The van der Waals surface area contributed by atoms with Gasteiger partial charge in [-0.05, 0) is 34.9 Å². The number of hydrogen-bond donors (Lipinski definition) is 1. The second kappa shape index (κ2) is 7.52. The van der Waals surface area contributed by atoms with E-state index < -0.39 is 0 Å². The number of carbonyl (C=O) groups is 1. The number of halogens is 2. The van der Waals surface area contributed by atoms with Crippen LogP contribution >= 0.6 is 23.2 Å². The molecule has 1 N–H and O–H groups in total. The fourth-order valence-electron chi connectivity index (χ4n) is 2.42. The molecule has 3 aromatic carbocycles. The lowest BCUT2D eigenvalue weighted by molar-refractivity contribution is -0.115. The molecule has 0 aliphatic heterocycles. The van der Waals surface area contributed by atoms with E-state index in [2.05, 4.69) is 17.4 Å². The van der Waals surface area contributed by atoms with Crippen LogP contribution in [0.3, 0.4) is 0 Å². The maximum absolute atomic E-state index is 12.2. The lowest BCUT2D eigenvalue weighted by Gasteiger charge is -2.08. The van der Waals surface area contributed by atoms with Gasteiger partial charge in [-0.25, -0.2) is 0 Å². The Morgan fingerprint density at radius 1 is 0.833 bits per heavy atom. The van der Waals surface area contributed by atoms with Gasteiger partial charge in [0.15, 0.2) is 0 Å². The number of carbonyl (C=O) groups excluding carboxylic acids is 1. The Balaban J connectivity index is 1.66. The molecule has 0 fully saturated rings. The third-order valence-electron chi connectivity index (χ3n) is 3.63. The van der Waals surface area contributed by atoms with Crippen molar-refractivity contribution in [2.24, 2.45) is 0 Å². The first-order valence-corrected chi connectivity index (χ1v) is 8.27. The van der Waals surface area contributed by atoms with Crippen molar-refractivity contribution < 1.29 is 4.79 Å². The van der Waals surface area contributed by atoms with Gasteiger partial charge in [-0.15, -0.1) is 0 Å². The Kier molecular flexibility index (Phi) is 5.19. The molecule has 0 saturated heterocycles. The molecule has 0 heterocycles. The van der Waals surface area contributed by atoms with E-state index >= 15 is 0 Å². The van der Waals surface area contributed by atoms with Gasteiger partial charge in [0.25, 0.3) is 0 Å². The summed E-state index contributed by atoms with van der Waals surface area (Å²) in [5.74, 6) is -0.119. The molecule has 3 rings (SSSR count). The Morgan fingerprint density at radius 2 is 1.50 bits per heavy atom. The molecule has 0 unspecified atom stereocenters. The lowest BCUT2D eigenvalue weighted by Crippen LogP contribution is -2.14. The number of anilines is 1. The molecule has 4 heteroatoms. The standard InChI is InChI=1S/C20H15Cl2NO/c21-17-10-11-19(18(22)13-17)23-20(24)12-14-6-8-16(9-7-14)15-4-2-1-3-5-15/h1-11,13H,12H2,(H,23,24). The molecule has 0 spiro atoms. The summed E-state index contributed by atoms with van der Waals surface area (Å²) in [5, 5.41) is 3.77. The van der Waals surface area contributed by atoms with E-state index in [9.17, 15) is 4.79 Å². The number of rotatable bonds is 4. The van der Waals surface area contributed by atoms with Crippen LogP contribution in [0.5, 0.6) is 0 Å². The highest BCUT2D eigenvalue weighted by Crippen LogP contribution is 2.25. The third-order valence-corrected chi connectivity index (χ3v) is 4.18. The second-order valence-corrected chi connectivity index (χ2v) is 6.26. The van der Waals surface area contributed by atoms with Crippen molar-refractivity contribution >= 4 is 34.8 Å². The van der Waals surface area contributed by atoms with Gasteiger partial charge in [0.2, 0.25) is 5.91 Å². The number of nitrogens with one attached hydrogen (secondary N) is 1. The summed E-state index contributed by atoms with van der Waals surface area (Å²) in [7, 11) is 0. The van der Waals surface area contributed by atoms with Gasteiger partial charge in [0, 0.05) is 5.02 Å². The quantitative estimate of drug-likeness (QED) is 0.625. The van der Waals surface area contributed by atoms with Gasteiger partial charge in [-0.1, -0.05) is 77.8 Å². The van der Waals surface area contributed by atoms with E-state index in [1.165, 1.54) is 0 Å². The minimum atomic E-state index is -0.119. The summed E-state index contributed by atoms with van der Waals surface area (Å²) in [4.78, 5) is 12.2. The molecule has 2 nitrogen and oxygen atoms in total. The molecule has 0 aliphatic rings. The van der Waals surface area contributed by atoms with Gasteiger partial charge in [-0.2, -0.15) is 0 Å². The van der Waals surface area contributed by atoms with Crippen molar-refractivity contribution in [1.29, 1.82) is 0 Å². The summed E-state index contributed by atoms with van der Waals surface area (Å²) >= 11 is 11.9. The summed E-state index contributed by atoms with van der Waals surface area (Å²) < 4.78 is 0.